The average Bonchev–Trinajstić information content (AvgIpc) is 2.59. The monoisotopic (exact) mass is 422 g/mol. The van der Waals surface area contributed by atoms with Crippen LogP contribution in [-0.4, -0.2) is 20.1 Å². The fourth-order valence-electron chi connectivity index (χ4n) is 2.61. The van der Waals surface area contributed by atoms with Crippen LogP contribution in [-0.2, 0) is 5.41 Å². The Labute approximate surface area is 180 Å². The van der Waals surface area contributed by atoms with Crippen LogP contribution in [0.2, 0.25) is 0 Å². The van der Waals surface area contributed by atoms with Crippen molar-refractivity contribution in [1.29, 1.82) is 0 Å². The SMILES string of the molecule is CC(C)(C)c1cc(Nc2nc(S)nc(S)n2)ccc1O.CCCCCCCC. The second-order valence-electron chi connectivity index (χ2n) is 7.78. The molecule has 0 aliphatic rings. The predicted octanol–water partition coefficient (Wildman–Crippen LogP) is 6.56. The minimum absolute atomic E-state index is 0.162. The maximum Gasteiger partial charge on any atom is 0.232 e. The molecular weight excluding hydrogens is 388 g/mol. The van der Waals surface area contributed by atoms with Gasteiger partial charge in [-0.3, -0.25) is 0 Å². The van der Waals surface area contributed by atoms with Crippen molar-refractivity contribution in [3.63, 3.8) is 0 Å². The molecule has 156 valence electrons. The molecule has 1 aromatic carbocycles. The molecule has 0 aliphatic heterocycles. The smallest absolute Gasteiger partial charge is 0.232 e. The quantitative estimate of drug-likeness (QED) is 0.231. The molecule has 0 unspecified atom stereocenters. The first kappa shape index (κ1) is 24.6. The van der Waals surface area contributed by atoms with Crippen molar-refractivity contribution in [2.45, 2.75) is 88.9 Å². The van der Waals surface area contributed by atoms with Crippen LogP contribution in [0.4, 0.5) is 11.6 Å². The zero-order valence-electron chi connectivity index (χ0n) is 17.7. The molecule has 0 aliphatic carbocycles. The number of hydrogen-bond acceptors (Lipinski definition) is 7. The second-order valence-corrected chi connectivity index (χ2v) is 8.58. The van der Waals surface area contributed by atoms with Crippen molar-refractivity contribution >= 4 is 36.9 Å². The summed E-state index contributed by atoms with van der Waals surface area (Å²) in [4.78, 5) is 12.0. The molecule has 1 aromatic heterocycles. The van der Waals surface area contributed by atoms with Gasteiger partial charge in [-0.15, -0.1) is 25.3 Å². The fourth-order valence-corrected chi connectivity index (χ4v) is 3.06. The number of aromatic nitrogens is 3. The number of phenolic OH excluding ortho intramolecular Hbond substituents is 1. The predicted molar refractivity (Wildman–Crippen MR) is 123 cm³/mol. The Bertz CT molecular complexity index is 707. The van der Waals surface area contributed by atoms with Crippen molar-refractivity contribution < 1.29 is 5.11 Å². The van der Waals surface area contributed by atoms with Crippen molar-refractivity contribution in [1.82, 2.24) is 15.0 Å². The number of rotatable bonds is 7. The van der Waals surface area contributed by atoms with Gasteiger partial charge >= 0.3 is 0 Å². The summed E-state index contributed by atoms with van der Waals surface area (Å²) < 4.78 is 0. The van der Waals surface area contributed by atoms with Gasteiger partial charge in [-0.2, -0.15) is 15.0 Å². The van der Waals surface area contributed by atoms with E-state index in [2.05, 4.69) is 59.4 Å². The Morgan fingerprint density at radius 2 is 1.43 bits per heavy atom. The van der Waals surface area contributed by atoms with E-state index in [1.807, 2.05) is 26.8 Å². The van der Waals surface area contributed by atoms with Crippen LogP contribution >= 0.6 is 25.3 Å². The highest BCUT2D eigenvalue weighted by Crippen LogP contribution is 2.33. The molecule has 2 rings (SSSR count). The van der Waals surface area contributed by atoms with E-state index in [9.17, 15) is 5.11 Å². The van der Waals surface area contributed by atoms with Gasteiger partial charge in [0.1, 0.15) is 5.75 Å². The van der Waals surface area contributed by atoms with Crippen LogP contribution in [0, 0.1) is 0 Å². The molecule has 0 fully saturated rings. The van der Waals surface area contributed by atoms with Crippen LogP contribution in [0.15, 0.2) is 28.5 Å². The number of unbranched alkanes of at least 4 members (excludes halogenated alkanes) is 5. The number of phenols is 1. The molecule has 28 heavy (non-hydrogen) atoms. The van der Waals surface area contributed by atoms with Crippen LogP contribution in [0.1, 0.15) is 78.7 Å². The first-order chi connectivity index (χ1) is 13.2. The highest BCUT2D eigenvalue weighted by atomic mass is 32.1. The highest BCUT2D eigenvalue weighted by Gasteiger charge is 2.18. The number of thiol groups is 2. The number of benzene rings is 1. The van der Waals surface area contributed by atoms with Gasteiger partial charge in [-0.25, -0.2) is 0 Å². The van der Waals surface area contributed by atoms with Gasteiger partial charge in [0.05, 0.1) is 0 Å². The van der Waals surface area contributed by atoms with Gasteiger partial charge in [0.25, 0.3) is 0 Å². The van der Waals surface area contributed by atoms with E-state index in [0.717, 1.165) is 11.3 Å². The maximum atomic E-state index is 9.93. The number of hydrogen-bond donors (Lipinski definition) is 4. The molecule has 0 radical (unpaired) electrons. The van der Waals surface area contributed by atoms with Gasteiger partial charge in [0.2, 0.25) is 5.95 Å². The lowest BCUT2D eigenvalue weighted by Crippen LogP contribution is -2.12. The molecule has 0 saturated heterocycles. The van der Waals surface area contributed by atoms with Crippen LogP contribution < -0.4 is 5.32 Å². The molecular formula is C21H34N4OS2. The topological polar surface area (TPSA) is 70.9 Å². The van der Waals surface area contributed by atoms with Crippen LogP contribution in [0.25, 0.3) is 0 Å². The summed E-state index contributed by atoms with van der Waals surface area (Å²) in [5.41, 5.74) is 1.46. The number of aromatic hydroxyl groups is 1. The van der Waals surface area contributed by atoms with Crippen molar-refractivity contribution in [3.05, 3.63) is 23.8 Å². The van der Waals surface area contributed by atoms with Crippen molar-refractivity contribution in [2.24, 2.45) is 0 Å². The minimum atomic E-state index is -0.162. The molecule has 0 atom stereocenters. The first-order valence-corrected chi connectivity index (χ1v) is 10.8. The lowest BCUT2D eigenvalue weighted by molar-refractivity contribution is 0.447. The van der Waals surface area contributed by atoms with E-state index >= 15 is 0 Å². The van der Waals surface area contributed by atoms with Crippen LogP contribution in [0.3, 0.4) is 0 Å². The number of anilines is 2. The molecule has 0 amide bonds. The van der Waals surface area contributed by atoms with E-state index < -0.39 is 0 Å². The Morgan fingerprint density at radius 1 is 0.893 bits per heavy atom. The normalized spacial score (nSPS) is 11.0. The summed E-state index contributed by atoms with van der Waals surface area (Å²) in [6.07, 6.45) is 8.49. The van der Waals surface area contributed by atoms with Gasteiger partial charge in [0, 0.05) is 11.3 Å². The van der Waals surface area contributed by atoms with Crippen molar-refractivity contribution in [2.75, 3.05) is 5.32 Å². The highest BCUT2D eigenvalue weighted by molar-refractivity contribution is 7.80. The van der Waals surface area contributed by atoms with Gasteiger partial charge in [0.15, 0.2) is 10.3 Å². The maximum absolute atomic E-state index is 9.93. The second kappa shape index (κ2) is 12.2. The third kappa shape index (κ3) is 9.15. The van der Waals surface area contributed by atoms with Crippen LogP contribution in [0.5, 0.6) is 5.75 Å². The van der Waals surface area contributed by atoms with E-state index in [1.165, 1.54) is 38.5 Å². The molecule has 7 heteroatoms. The number of nitrogens with one attached hydrogen (secondary N) is 1. The summed E-state index contributed by atoms with van der Waals surface area (Å²) in [6.45, 7) is 10.6. The molecule has 0 saturated carbocycles. The summed E-state index contributed by atoms with van der Waals surface area (Å²) >= 11 is 8.16. The summed E-state index contributed by atoms with van der Waals surface area (Å²) in [7, 11) is 0. The zero-order valence-corrected chi connectivity index (χ0v) is 19.4. The van der Waals surface area contributed by atoms with E-state index in [0.29, 0.717) is 16.3 Å². The summed E-state index contributed by atoms with van der Waals surface area (Å²) in [6, 6.07) is 5.27. The number of nitrogens with zero attached hydrogens (tertiary/aromatic N) is 3. The van der Waals surface area contributed by atoms with Crippen molar-refractivity contribution in [3.8, 4) is 5.75 Å². The van der Waals surface area contributed by atoms with E-state index in [4.69, 9.17) is 0 Å². The lowest BCUT2D eigenvalue weighted by atomic mass is 9.86. The third-order valence-electron chi connectivity index (χ3n) is 4.13. The molecule has 2 N–H and O–H groups in total. The molecule has 0 bridgehead atoms. The minimum Gasteiger partial charge on any atom is -0.508 e. The van der Waals surface area contributed by atoms with E-state index in [-0.39, 0.29) is 11.2 Å². The van der Waals surface area contributed by atoms with E-state index in [1.54, 1.807) is 12.1 Å². The van der Waals surface area contributed by atoms with Gasteiger partial charge in [-0.1, -0.05) is 73.1 Å². The lowest BCUT2D eigenvalue weighted by Gasteiger charge is -2.21. The fraction of sp³-hybridized carbons (Fsp3) is 0.571. The standard InChI is InChI=1S/C13H16N4OS2.C8H18/c1-13(2,3)8-6-7(4-5-9(8)18)14-10-15-11(19)17-12(20)16-10;1-3-5-7-8-6-4-2/h4-6,18H,1-3H3,(H3,14,15,16,17,19,20);3-8H2,1-2H3. The van der Waals surface area contributed by atoms with Gasteiger partial charge < -0.3 is 10.4 Å². The summed E-state index contributed by atoms with van der Waals surface area (Å²) in [5, 5.41) is 13.6. The largest absolute Gasteiger partial charge is 0.508 e. The zero-order chi connectivity index (χ0) is 21.2. The first-order valence-electron chi connectivity index (χ1n) is 9.91. The Morgan fingerprint density at radius 3 is 1.89 bits per heavy atom. The average molecular weight is 423 g/mol. The Hall–Kier alpha value is -1.47. The Kier molecular flexibility index (Phi) is 10.7. The Balaban J connectivity index is 0.000000416. The molecule has 5 nitrogen and oxygen atoms in total. The molecule has 1 heterocycles. The summed E-state index contributed by atoms with van der Waals surface area (Å²) in [5.74, 6) is 0.629. The van der Waals surface area contributed by atoms with Gasteiger partial charge in [-0.05, 0) is 23.6 Å². The third-order valence-corrected chi connectivity index (χ3v) is 4.53. The molecule has 2 aromatic rings. The molecule has 0 spiro atoms.